The first-order valence-electron chi connectivity index (χ1n) is 12.5. The average Bonchev–Trinajstić information content (AvgIpc) is 3.52. The summed E-state index contributed by atoms with van der Waals surface area (Å²) in [5.74, 6) is 4.26. The van der Waals surface area contributed by atoms with Crippen molar-refractivity contribution in [2.45, 2.75) is 31.2 Å². The minimum absolute atomic E-state index is 0.440. The Kier molecular flexibility index (Phi) is 5.94. The lowest BCUT2D eigenvalue weighted by Gasteiger charge is -2.33. The number of hydroxylamine groups is 1. The van der Waals surface area contributed by atoms with E-state index in [1.807, 2.05) is 37.3 Å². The molecule has 1 saturated carbocycles. The molecular formula is C25H32N10O. The number of hydrogen-bond acceptors (Lipinski definition) is 10. The summed E-state index contributed by atoms with van der Waals surface area (Å²) in [5, 5.41) is 14.3. The molecule has 3 aliphatic rings. The Morgan fingerprint density at radius 2 is 1.97 bits per heavy atom. The number of nitrogens with zero attached hydrogens (tertiary/aromatic N) is 6. The Bertz CT molecular complexity index is 1230. The van der Waals surface area contributed by atoms with Crippen LogP contribution in [0.15, 0.2) is 48.4 Å². The fraction of sp³-hybridized carbons (Fsp3) is 0.440. The molecule has 1 atom stereocenters. The molecule has 1 aliphatic carbocycles. The van der Waals surface area contributed by atoms with Crippen LogP contribution in [0.1, 0.15) is 37.1 Å². The fourth-order valence-electron chi connectivity index (χ4n) is 4.51. The summed E-state index contributed by atoms with van der Waals surface area (Å²) in [6, 6.07) is 9.92. The molecular weight excluding hydrogens is 456 g/mol. The number of aromatic amines is 1. The highest BCUT2D eigenvalue weighted by Crippen LogP contribution is 2.39. The van der Waals surface area contributed by atoms with E-state index in [2.05, 4.69) is 54.2 Å². The zero-order chi connectivity index (χ0) is 24.5. The van der Waals surface area contributed by atoms with E-state index in [4.69, 9.17) is 14.8 Å². The molecule has 3 aromatic rings. The van der Waals surface area contributed by atoms with Crippen LogP contribution in [0.4, 0.5) is 23.4 Å². The van der Waals surface area contributed by atoms with Crippen LogP contribution < -0.4 is 21.0 Å². The van der Waals surface area contributed by atoms with E-state index in [-0.39, 0.29) is 0 Å². The van der Waals surface area contributed by atoms with Gasteiger partial charge in [-0.25, -0.2) is 0 Å². The third-order valence-corrected chi connectivity index (χ3v) is 6.87. The average molecular weight is 489 g/mol. The summed E-state index contributed by atoms with van der Waals surface area (Å²) in [5.41, 5.74) is 4.67. The first-order valence-corrected chi connectivity index (χ1v) is 12.5. The van der Waals surface area contributed by atoms with Gasteiger partial charge in [-0.1, -0.05) is 6.07 Å². The molecule has 2 aliphatic heterocycles. The van der Waals surface area contributed by atoms with E-state index < -0.39 is 5.54 Å². The zero-order valence-electron chi connectivity index (χ0n) is 20.7. The molecule has 5 heterocycles. The highest BCUT2D eigenvalue weighted by molar-refractivity contribution is 5.60. The van der Waals surface area contributed by atoms with Gasteiger partial charge in [0.25, 0.3) is 0 Å². The molecule has 11 heteroatoms. The third kappa shape index (κ3) is 4.98. The van der Waals surface area contributed by atoms with Crippen LogP contribution in [0.3, 0.4) is 0 Å². The normalized spacial score (nSPS) is 22.3. The van der Waals surface area contributed by atoms with Gasteiger partial charge in [0, 0.05) is 56.1 Å². The maximum atomic E-state index is 5.77. The van der Waals surface area contributed by atoms with Crippen molar-refractivity contribution in [2.75, 3.05) is 55.3 Å². The molecule has 188 valence electrons. The van der Waals surface area contributed by atoms with Crippen LogP contribution in [-0.2, 0) is 10.4 Å². The van der Waals surface area contributed by atoms with Crippen molar-refractivity contribution in [3.63, 3.8) is 0 Å². The second-order valence-corrected chi connectivity index (χ2v) is 9.92. The molecule has 3 aromatic heterocycles. The maximum Gasteiger partial charge on any atom is 0.227 e. The molecule has 2 fully saturated rings. The topological polar surface area (TPSA) is 119 Å². The van der Waals surface area contributed by atoms with Gasteiger partial charge in [0.05, 0.1) is 12.2 Å². The molecule has 0 radical (unpaired) electrons. The van der Waals surface area contributed by atoms with Crippen LogP contribution in [0.5, 0.6) is 0 Å². The first kappa shape index (κ1) is 22.7. The van der Waals surface area contributed by atoms with Crippen LogP contribution in [0.2, 0.25) is 0 Å². The van der Waals surface area contributed by atoms with Crippen LogP contribution >= 0.6 is 0 Å². The quantitative estimate of drug-likeness (QED) is 0.377. The van der Waals surface area contributed by atoms with E-state index in [0.29, 0.717) is 24.2 Å². The standard InChI is InChI=1S/C25H32N10O/c1-25(20-5-3-4-8-26-20)15-18(36-33-25)16-27-24-29-21(28-22-13-19(31-32-22)17-6-7-17)14-23(30-24)35-11-9-34(2)10-12-35/h3-5,8,13-15,17,33H,6-7,9-12,16H2,1-2H3,(H3,27,28,29,30,31,32). The summed E-state index contributed by atoms with van der Waals surface area (Å²) in [6.45, 7) is 6.31. The van der Waals surface area contributed by atoms with Crippen molar-refractivity contribution in [1.29, 1.82) is 0 Å². The summed E-state index contributed by atoms with van der Waals surface area (Å²) < 4.78 is 0. The van der Waals surface area contributed by atoms with Crippen molar-refractivity contribution < 1.29 is 4.84 Å². The van der Waals surface area contributed by atoms with Gasteiger partial charge in [-0.05, 0) is 45.0 Å². The minimum atomic E-state index is -0.493. The number of anilines is 4. The maximum absolute atomic E-state index is 5.77. The van der Waals surface area contributed by atoms with Gasteiger partial charge in [-0.3, -0.25) is 10.1 Å². The van der Waals surface area contributed by atoms with Crippen molar-refractivity contribution in [2.24, 2.45) is 0 Å². The van der Waals surface area contributed by atoms with E-state index in [1.165, 1.54) is 18.5 Å². The van der Waals surface area contributed by atoms with Gasteiger partial charge in [0.1, 0.15) is 22.9 Å². The Morgan fingerprint density at radius 1 is 1.11 bits per heavy atom. The Labute approximate surface area is 210 Å². The van der Waals surface area contributed by atoms with Gasteiger partial charge in [-0.15, -0.1) is 5.48 Å². The van der Waals surface area contributed by atoms with Crippen molar-refractivity contribution in [1.82, 2.24) is 35.5 Å². The van der Waals surface area contributed by atoms with Gasteiger partial charge in [0.15, 0.2) is 5.82 Å². The lowest BCUT2D eigenvalue weighted by atomic mass is 9.98. The third-order valence-electron chi connectivity index (χ3n) is 6.87. The number of aromatic nitrogens is 5. The number of hydrogen-bond donors (Lipinski definition) is 4. The van der Waals surface area contributed by atoms with Gasteiger partial charge >= 0.3 is 0 Å². The summed E-state index contributed by atoms with van der Waals surface area (Å²) in [4.78, 5) is 24.4. The second kappa shape index (κ2) is 9.40. The molecule has 1 saturated heterocycles. The summed E-state index contributed by atoms with van der Waals surface area (Å²) in [7, 11) is 2.15. The highest BCUT2D eigenvalue weighted by Gasteiger charge is 2.33. The Hall–Kier alpha value is -3.70. The lowest BCUT2D eigenvalue weighted by Crippen LogP contribution is -2.44. The van der Waals surface area contributed by atoms with E-state index in [0.717, 1.165) is 49.3 Å². The zero-order valence-corrected chi connectivity index (χ0v) is 20.7. The predicted octanol–water partition coefficient (Wildman–Crippen LogP) is 2.71. The monoisotopic (exact) mass is 488 g/mol. The number of nitrogens with one attached hydrogen (secondary N) is 4. The first-order chi connectivity index (χ1) is 17.5. The number of H-pyrrole nitrogens is 1. The van der Waals surface area contributed by atoms with Crippen molar-refractivity contribution in [3.8, 4) is 0 Å². The summed E-state index contributed by atoms with van der Waals surface area (Å²) >= 11 is 0. The number of rotatable bonds is 8. The molecule has 11 nitrogen and oxygen atoms in total. The molecule has 6 rings (SSSR count). The van der Waals surface area contributed by atoms with Crippen molar-refractivity contribution in [3.05, 3.63) is 59.8 Å². The van der Waals surface area contributed by atoms with Gasteiger partial charge in [-0.2, -0.15) is 15.1 Å². The minimum Gasteiger partial charge on any atom is -0.410 e. The molecule has 0 spiro atoms. The largest absolute Gasteiger partial charge is 0.410 e. The van der Waals surface area contributed by atoms with Gasteiger partial charge < -0.3 is 25.3 Å². The SMILES string of the molecule is CN1CCN(c2cc(Nc3cc(C4CC4)[nH]n3)nc(NCC3=CC(C)(c4ccccn4)NO3)n2)CC1. The van der Waals surface area contributed by atoms with Crippen LogP contribution in [0.25, 0.3) is 0 Å². The smallest absolute Gasteiger partial charge is 0.227 e. The number of piperazine rings is 1. The summed E-state index contributed by atoms with van der Waals surface area (Å²) in [6.07, 6.45) is 6.27. The Balaban J connectivity index is 1.20. The van der Waals surface area contributed by atoms with Gasteiger partial charge in [0.2, 0.25) is 5.95 Å². The predicted molar refractivity (Wildman–Crippen MR) is 138 cm³/mol. The van der Waals surface area contributed by atoms with E-state index in [9.17, 15) is 0 Å². The van der Waals surface area contributed by atoms with Crippen LogP contribution in [0, 0.1) is 0 Å². The molecule has 0 aromatic carbocycles. The van der Waals surface area contributed by atoms with Crippen LogP contribution in [-0.4, -0.2) is 69.8 Å². The molecule has 0 bridgehead atoms. The number of pyridine rings is 1. The molecule has 0 amide bonds. The molecule has 4 N–H and O–H groups in total. The fourth-order valence-corrected chi connectivity index (χ4v) is 4.51. The molecule has 1 unspecified atom stereocenters. The van der Waals surface area contributed by atoms with E-state index >= 15 is 0 Å². The molecule has 36 heavy (non-hydrogen) atoms. The second-order valence-electron chi connectivity index (χ2n) is 9.92. The Morgan fingerprint density at radius 3 is 2.75 bits per heavy atom. The highest BCUT2D eigenvalue weighted by atomic mass is 16.7. The van der Waals surface area contributed by atoms with Crippen molar-refractivity contribution >= 4 is 23.4 Å². The lowest BCUT2D eigenvalue weighted by molar-refractivity contribution is 0.0824. The number of likely N-dealkylation sites (N-methyl/N-ethyl adjacent to an activating group) is 1. The van der Waals surface area contributed by atoms with E-state index in [1.54, 1.807) is 6.20 Å².